The highest BCUT2D eigenvalue weighted by Gasteiger charge is 2.05. The molecule has 0 aliphatic rings. The highest BCUT2D eigenvalue weighted by molar-refractivity contribution is 5.85. The smallest absolute Gasteiger partial charge is 0.0237 e. The second-order valence-electron chi connectivity index (χ2n) is 4.68. The lowest BCUT2D eigenvalue weighted by molar-refractivity contribution is 0.257. The lowest BCUT2D eigenvalue weighted by atomic mass is 10.1. The molecule has 0 aromatic heterocycles. The molecule has 0 N–H and O–H groups in total. The Hall–Kier alpha value is -1.31. The second-order valence-corrected chi connectivity index (χ2v) is 4.68. The summed E-state index contributed by atoms with van der Waals surface area (Å²) in [4.78, 5) is 2.50. The molecular formula is C17H22ClN. The molecular weight excluding hydrogens is 254 g/mol. The quantitative estimate of drug-likeness (QED) is 0.749. The maximum Gasteiger partial charge on any atom is 0.0237 e. The van der Waals surface area contributed by atoms with Crippen LogP contribution in [-0.2, 0) is 13.1 Å². The number of hydrogen-bond donors (Lipinski definition) is 0. The Balaban J connectivity index is 0.00000180. The highest BCUT2D eigenvalue weighted by atomic mass is 35.5. The normalized spacial score (nSPS) is 10.2. The highest BCUT2D eigenvalue weighted by Crippen LogP contribution is 2.10. The van der Waals surface area contributed by atoms with E-state index in [-0.39, 0.29) is 12.4 Å². The number of hydrogen-bond acceptors (Lipinski definition) is 1. The molecule has 0 aliphatic heterocycles. The molecule has 102 valence electrons. The fourth-order valence-corrected chi connectivity index (χ4v) is 2.21. The Morgan fingerprint density at radius 3 is 1.53 bits per heavy atom. The molecule has 0 amide bonds. The minimum absolute atomic E-state index is 0. The van der Waals surface area contributed by atoms with Crippen LogP contribution in [0.4, 0.5) is 0 Å². The molecule has 0 bridgehead atoms. The molecule has 0 radical (unpaired) electrons. The van der Waals surface area contributed by atoms with Crippen LogP contribution in [0.5, 0.6) is 0 Å². The SMILES string of the molecule is CCCN(Cc1ccccc1)Cc1ccccc1.Cl. The maximum absolute atomic E-state index is 2.50. The molecule has 2 aromatic rings. The Morgan fingerprint density at radius 2 is 1.16 bits per heavy atom. The fraction of sp³-hybridized carbons (Fsp3) is 0.294. The molecule has 0 heterocycles. The molecule has 2 rings (SSSR count). The van der Waals surface area contributed by atoms with Gasteiger partial charge in [-0.3, -0.25) is 4.90 Å². The van der Waals surface area contributed by atoms with Crippen molar-refractivity contribution in [3.8, 4) is 0 Å². The van der Waals surface area contributed by atoms with Crippen molar-refractivity contribution in [3.63, 3.8) is 0 Å². The van der Waals surface area contributed by atoms with E-state index in [4.69, 9.17) is 0 Å². The first-order valence-electron chi connectivity index (χ1n) is 6.68. The maximum atomic E-state index is 2.50. The van der Waals surface area contributed by atoms with Crippen LogP contribution < -0.4 is 0 Å². The Bertz CT molecular complexity index is 400. The molecule has 2 heteroatoms. The van der Waals surface area contributed by atoms with Crippen LogP contribution in [0.2, 0.25) is 0 Å². The van der Waals surface area contributed by atoms with E-state index in [1.807, 2.05) is 0 Å². The van der Waals surface area contributed by atoms with Gasteiger partial charge in [0, 0.05) is 13.1 Å². The average molecular weight is 276 g/mol. The number of nitrogens with zero attached hydrogens (tertiary/aromatic N) is 1. The van der Waals surface area contributed by atoms with E-state index in [1.54, 1.807) is 0 Å². The van der Waals surface area contributed by atoms with Gasteiger partial charge in [-0.1, -0.05) is 67.6 Å². The topological polar surface area (TPSA) is 3.24 Å². The molecule has 19 heavy (non-hydrogen) atoms. The van der Waals surface area contributed by atoms with Crippen molar-refractivity contribution in [1.82, 2.24) is 4.90 Å². The Labute approximate surface area is 122 Å². The molecule has 0 aliphatic carbocycles. The molecule has 0 saturated heterocycles. The summed E-state index contributed by atoms with van der Waals surface area (Å²) in [6, 6.07) is 21.4. The summed E-state index contributed by atoms with van der Waals surface area (Å²) in [6.45, 7) is 5.44. The van der Waals surface area contributed by atoms with Crippen LogP contribution in [-0.4, -0.2) is 11.4 Å². The van der Waals surface area contributed by atoms with Crippen LogP contribution in [0.3, 0.4) is 0 Å². The molecule has 2 aromatic carbocycles. The van der Waals surface area contributed by atoms with Crippen LogP contribution in [0, 0.1) is 0 Å². The largest absolute Gasteiger partial charge is 0.295 e. The van der Waals surface area contributed by atoms with Gasteiger partial charge in [0.15, 0.2) is 0 Å². The van der Waals surface area contributed by atoms with E-state index >= 15 is 0 Å². The third-order valence-electron chi connectivity index (χ3n) is 3.04. The summed E-state index contributed by atoms with van der Waals surface area (Å²) in [7, 11) is 0. The van der Waals surface area contributed by atoms with Gasteiger partial charge in [0.2, 0.25) is 0 Å². The van der Waals surface area contributed by atoms with Crippen molar-refractivity contribution < 1.29 is 0 Å². The predicted molar refractivity (Wildman–Crippen MR) is 84.5 cm³/mol. The zero-order chi connectivity index (χ0) is 12.6. The molecule has 0 unspecified atom stereocenters. The van der Waals surface area contributed by atoms with Crippen molar-refractivity contribution in [3.05, 3.63) is 71.8 Å². The standard InChI is InChI=1S/C17H21N.ClH/c1-2-13-18(14-16-9-5-3-6-10-16)15-17-11-7-4-8-12-17;/h3-12H,2,13-15H2,1H3;1H. The zero-order valence-electron chi connectivity index (χ0n) is 11.5. The van der Waals surface area contributed by atoms with Gasteiger partial charge < -0.3 is 0 Å². The van der Waals surface area contributed by atoms with Crippen LogP contribution in [0.15, 0.2) is 60.7 Å². The minimum atomic E-state index is 0. The summed E-state index contributed by atoms with van der Waals surface area (Å²) in [5.41, 5.74) is 2.78. The van der Waals surface area contributed by atoms with E-state index < -0.39 is 0 Å². The summed E-state index contributed by atoms with van der Waals surface area (Å²) in [5, 5.41) is 0. The lowest BCUT2D eigenvalue weighted by Crippen LogP contribution is -2.23. The van der Waals surface area contributed by atoms with Crippen molar-refractivity contribution in [2.75, 3.05) is 6.54 Å². The van der Waals surface area contributed by atoms with Crippen molar-refractivity contribution in [2.24, 2.45) is 0 Å². The van der Waals surface area contributed by atoms with Gasteiger partial charge >= 0.3 is 0 Å². The first kappa shape index (κ1) is 15.7. The van der Waals surface area contributed by atoms with Gasteiger partial charge in [-0.15, -0.1) is 12.4 Å². The molecule has 0 atom stereocenters. The van der Waals surface area contributed by atoms with Gasteiger partial charge in [0.25, 0.3) is 0 Å². The third-order valence-corrected chi connectivity index (χ3v) is 3.04. The van der Waals surface area contributed by atoms with Crippen LogP contribution in [0.25, 0.3) is 0 Å². The van der Waals surface area contributed by atoms with Gasteiger partial charge in [-0.05, 0) is 24.1 Å². The van der Waals surface area contributed by atoms with Crippen molar-refractivity contribution >= 4 is 12.4 Å². The second kappa shape index (κ2) is 8.73. The fourth-order valence-electron chi connectivity index (χ4n) is 2.21. The van der Waals surface area contributed by atoms with E-state index in [2.05, 4.69) is 72.5 Å². The summed E-state index contributed by atoms with van der Waals surface area (Å²) >= 11 is 0. The Morgan fingerprint density at radius 1 is 0.737 bits per heavy atom. The average Bonchev–Trinajstić information content (AvgIpc) is 2.41. The molecule has 1 nitrogen and oxygen atoms in total. The van der Waals surface area contributed by atoms with Crippen molar-refractivity contribution in [1.29, 1.82) is 0 Å². The zero-order valence-corrected chi connectivity index (χ0v) is 12.3. The van der Waals surface area contributed by atoms with E-state index in [9.17, 15) is 0 Å². The van der Waals surface area contributed by atoms with Gasteiger partial charge in [0.1, 0.15) is 0 Å². The summed E-state index contributed by atoms with van der Waals surface area (Å²) < 4.78 is 0. The monoisotopic (exact) mass is 275 g/mol. The predicted octanol–water partition coefficient (Wildman–Crippen LogP) is 4.52. The van der Waals surface area contributed by atoms with Gasteiger partial charge in [0.05, 0.1) is 0 Å². The first-order valence-corrected chi connectivity index (χ1v) is 6.68. The molecule has 0 spiro atoms. The van der Waals surface area contributed by atoms with Crippen molar-refractivity contribution in [2.45, 2.75) is 26.4 Å². The number of halogens is 1. The van der Waals surface area contributed by atoms with Gasteiger partial charge in [-0.2, -0.15) is 0 Å². The number of benzene rings is 2. The van der Waals surface area contributed by atoms with E-state index in [0.717, 1.165) is 19.6 Å². The van der Waals surface area contributed by atoms with Crippen LogP contribution in [0.1, 0.15) is 24.5 Å². The molecule has 0 fully saturated rings. The third kappa shape index (κ3) is 5.46. The summed E-state index contributed by atoms with van der Waals surface area (Å²) in [5.74, 6) is 0. The lowest BCUT2D eigenvalue weighted by Gasteiger charge is -2.21. The molecule has 0 saturated carbocycles. The van der Waals surface area contributed by atoms with Gasteiger partial charge in [-0.25, -0.2) is 0 Å². The van der Waals surface area contributed by atoms with E-state index in [1.165, 1.54) is 17.5 Å². The minimum Gasteiger partial charge on any atom is -0.295 e. The first-order chi connectivity index (χ1) is 8.88. The van der Waals surface area contributed by atoms with Crippen LogP contribution >= 0.6 is 12.4 Å². The Kier molecular flexibility index (Phi) is 7.24. The van der Waals surface area contributed by atoms with E-state index in [0.29, 0.717) is 0 Å². The summed E-state index contributed by atoms with van der Waals surface area (Å²) in [6.07, 6.45) is 1.19. The number of rotatable bonds is 6.